The topological polar surface area (TPSA) is 70.7 Å². The van der Waals surface area contributed by atoms with Crippen molar-refractivity contribution in [3.8, 4) is 0 Å². The van der Waals surface area contributed by atoms with Crippen molar-refractivity contribution in [3.05, 3.63) is 12.2 Å². The highest BCUT2D eigenvalue weighted by Crippen LogP contribution is 2.36. The predicted molar refractivity (Wildman–Crippen MR) is 58.8 cm³/mol. The van der Waals surface area contributed by atoms with Gasteiger partial charge in [-0.05, 0) is 25.5 Å². The van der Waals surface area contributed by atoms with Gasteiger partial charge in [-0.15, -0.1) is 0 Å². The van der Waals surface area contributed by atoms with E-state index in [4.69, 9.17) is 0 Å². The van der Waals surface area contributed by atoms with Crippen LogP contribution in [0.15, 0.2) is 6.33 Å². The Labute approximate surface area is 92.4 Å². The average molecular weight is 226 g/mol. The molecule has 0 saturated carbocycles. The molecule has 1 aromatic rings. The molecule has 1 aliphatic rings. The molecule has 0 aromatic carbocycles. The van der Waals surface area contributed by atoms with Crippen LogP contribution in [0, 0.1) is 0 Å². The molecule has 82 valence electrons. The summed E-state index contributed by atoms with van der Waals surface area (Å²) in [5.74, 6) is 1.29. The van der Waals surface area contributed by atoms with E-state index in [0.29, 0.717) is 6.54 Å². The largest absolute Gasteiger partial charge is 0.348 e. The van der Waals surface area contributed by atoms with Crippen LogP contribution in [-0.4, -0.2) is 38.1 Å². The minimum atomic E-state index is -0.179. The first kappa shape index (κ1) is 10.5. The van der Waals surface area contributed by atoms with Crippen molar-refractivity contribution in [2.24, 2.45) is 0 Å². The highest BCUT2D eigenvalue weighted by Gasteiger charge is 2.29. The molecule has 1 saturated heterocycles. The van der Waals surface area contributed by atoms with Crippen LogP contribution in [0.3, 0.4) is 0 Å². The summed E-state index contributed by atoms with van der Waals surface area (Å²) in [6.07, 6.45) is 3.73. The van der Waals surface area contributed by atoms with E-state index in [9.17, 15) is 4.79 Å². The number of nitrogens with zero attached hydrogens (tertiary/aromatic N) is 2. The SMILES string of the molecule is CC1(CNC(=O)c2ncn[nH]2)CCCS1. The van der Waals surface area contributed by atoms with Crippen LogP contribution in [-0.2, 0) is 0 Å². The van der Waals surface area contributed by atoms with Crippen molar-refractivity contribution in [2.75, 3.05) is 12.3 Å². The minimum absolute atomic E-state index is 0.179. The summed E-state index contributed by atoms with van der Waals surface area (Å²) in [5, 5.41) is 9.06. The number of aromatic nitrogens is 3. The van der Waals surface area contributed by atoms with E-state index < -0.39 is 0 Å². The third-order valence-corrected chi connectivity index (χ3v) is 4.09. The van der Waals surface area contributed by atoms with Crippen LogP contribution in [0.5, 0.6) is 0 Å². The van der Waals surface area contributed by atoms with Crippen LogP contribution in [0.1, 0.15) is 30.4 Å². The Morgan fingerprint density at radius 3 is 3.27 bits per heavy atom. The lowest BCUT2D eigenvalue weighted by molar-refractivity contribution is 0.0940. The molecule has 6 heteroatoms. The summed E-state index contributed by atoms with van der Waals surface area (Å²) in [5.41, 5.74) is 0. The quantitative estimate of drug-likeness (QED) is 0.800. The van der Waals surface area contributed by atoms with Gasteiger partial charge in [-0.3, -0.25) is 9.89 Å². The second kappa shape index (κ2) is 4.22. The molecule has 2 N–H and O–H groups in total. The fourth-order valence-corrected chi connectivity index (χ4v) is 2.89. The first-order chi connectivity index (χ1) is 7.20. The van der Waals surface area contributed by atoms with Crippen molar-refractivity contribution < 1.29 is 4.79 Å². The molecule has 1 fully saturated rings. The second-order valence-electron chi connectivity index (χ2n) is 3.92. The Morgan fingerprint density at radius 1 is 1.80 bits per heavy atom. The van der Waals surface area contributed by atoms with E-state index in [-0.39, 0.29) is 16.5 Å². The van der Waals surface area contributed by atoms with Gasteiger partial charge < -0.3 is 5.32 Å². The number of hydrogen-bond donors (Lipinski definition) is 2. The molecule has 1 amide bonds. The number of hydrogen-bond acceptors (Lipinski definition) is 4. The van der Waals surface area contributed by atoms with E-state index in [2.05, 4.69) is 27.4 Å². The lowest BCUT2D eigenvalue weighted by Gasteiger charge is -2.22. The summed E-state index contributed by atoms with van der Waals surface area (Å²) in [4.78, 5) is 15.3. The van der Waals surface area contributed by atoms with Crippen molar-refractivity contribution in [3.63, 3.8) is 0 Å². The average Bonchev–Trinajstić information content (AvgIpc) is 2.85. The molecule has 15 heavy (non-hydrogen) atoms. The molecule has 2 heterocycles. The van der Waals surface area contributed by atoms with Gasteiger partial charge in [0.1, 0.15) is 6.33 Å². The molecule has 0 radical (unpaired) electrons. The van der Waals surface area contributed by atoms with E-state index >= 15 is 0 Å². The molecule has 0 spiro atoms. The summed E-state index contributed by atoms with van der Waals surface area (Å²) in [6, 6.07) is 0. The Balaban J connectivity index is 1.85. The van der Waals surface area contributed by atoms with Gasteiger partial charge in [-0.1, -0.05) is 0 Å². The van der Waals surface area contributed by atoms with E-state index in [1.807, 2.05) is 11.8 Å². The van der Waals surface area contributed by atoms with E-state index in [1.54, 1.807) is 0 Å². The van der Waals surface area contributed by atoms with Gasteiger partial charge in [0, 0.05) is 11.3 Å². The predicted octanol–water partition coefficient (Wildman–Crippen LogP) is 0.820. The van der Waals surface area contributed by atoms with Gasteiger partial charge in [0.2, 0.25) is 5.82 Å². The summed E-state index contributed by atoms with van der Waals surface area (Å²) in [7, 11) is 0. The molecule has 1 aliphatic heterocycles. The van der Waals surface area contributed by atoms with Crippen molar-refractivity contribution in [1.82, 2.24) is 20.5 Å². The Kier molecular flexibility index (Phi) is 2.95. The van der Waals surface area contributed by atoms with Crippen molar-refractivity contribution in [1.29, 1.82) is 0 Å². The summed E-state index contributed by atoms with van der Waals surface area (Å²) < 4.78 is 0.190. The highest BCUT2D eigenvalue weighted by molar-refractivity contribution is 8.00. The summed E-state index contributed by atoms with van der Waals surface area (Å²) in [6.45, 7) is 2.88. The maximum atomic E-state index is 11.6. The molecule has 5 nitrogen and oxygen atoms in total. The number of rotatable bonds is 3. The van der Waals surface area contributed by atoms with Crippen LogP contribution in [0.4, 0.5) is 0 Å². The number of H-pyrrole nitrogens is 1. The Hall–Kier alpha value is -1.04. The lowest BCUT2D eigenvalue weighted by atomic mass is 10.1. The minimum Gasteiger partial charge on any atom is -0.348 e. The number of aromatic amines is 1. The van der Waals surface area contributed by atoms with E-state index in [0.717, 1.165) is 6.42 Å². The van der Waals surface area contributed by atoms with Gasteiger partial charge in [0.15, 0.2) is 0 Å². The molecule has 0 bridgehead atoms. The normalized spacial score (nSPS) is 25.4. The van der Waals surface area contributed by atoms with Crippen LogP contribution in [0.25, 0.3) is 0 Å². The maximum absolute atomic E-state index is 11.6. The van der Waals surface area contributed by atoms with Gasteiger partial charge in [-0.2, -0.15) is 16.9 Å². The second-order valence-corrected chi connectivity index (χ2v) is 5.60. The smallest absolute Gasteiger partial charge is 0.288 e. The third-order valence-electron chi connectivity index (χ3n) is 2.55. The Morgan fingerprint density at radius 2 is 2.67 bits per heavy atom. The molecule has 0 aliphatic carbocycles. The third kappa shape index (κ3) is 2.50. The molecule has 2 rings (SSSR count). The van der Waals surface area contributed by atoms with E-state index in [1.165, 1.54) is 18.5 Å². The lowest BCUT2D eigenvalue weighted by Crippen LogP contribution is -2.37. The van der Waals surface area contributed by atoms with Gasteiger partial charge in [0.05, 0.1) is 0 Å². The first-order valence-corrected chi connectivity index (χ1v) is 5.96. The van der Waals surface area contributed by atoms with Crippen molar-refractivity contribution in [2.45, 2.75) is 24.5 Å². The molecular formula is C9H14N4OS. The number of thioether (sulfide) groups is 1. The number of carbonyl (C=O) groups is 1. The first-order valence-electron chi connectivity index (χ1n) is 4.97. The van der Waals surface area contributed by atoms with Crippen LogP contribution < -0.4 is 5.32 Å². The monoisotopic (exact) mass is 226 g/mol. The van der Waals surface area contributed by atoms with Gasteiger partial charge >= 0.3 is 0 Å². The zero-order valence-corrected chi connectivity index (χ0v) is 9.43. The highest BCUT2D eigenvalue weighted by atomic mass is 32.2. The van der Waals surface area contributed by atoms with Crippen LogP contribution >= 0.6 is 11.8 Å². The molecule has 1 atom stereocenters. The zero-order chi connectivity index (χ0) is 10.7. The van der Waals surface area contributed by atoms with Crippen molar-refractivity contribution >= 4 is 17.7 Å². The standard InChI is InChI=1S/C9H14N4OS/c1-9(3-2-4-15-9)5-10-8(14)7-11-6-12-13-7/h6H,2-5H2,1H3,(H,10,14)(H,11,12,13). The molecule has 1 aromatic heterocycles. The maximum Gasteiger partial charge on any atom is 0.288 e. The summed E-state index contributed by atoms with van der Waals surface area (Å²) >= 11 is 1.92. The van der Waals surface area contributed by atoms with Gasteiger partial charge in [0.25, 0.3) is 5.91 Å². The van der Waals surface area contributed by atoms with Crippen LogP contribution in [0.2, 0.25) is 0 Å². The molecule has 1 unspecified atom stereocenters. The van der Waals surface area contributed by atoms with Gasteiger partial charge in [-0.25, -0.2) is 4.98 Å². The fraction of sp³-hybridized carbons (Fsp3) is 0.667. The molecular weight excluding hydrogens is 212 g/mol. The number of carbonyl (C=O) groups excluding carboxylic acids is 1. The number of amides is 1. The Bertz CT molecular complexity index is 332. The zero-order valence-electron chi connectivity index (χ0n) is 8.62. The number of nitrogens with one attached hydrogen (secondary N) is 2. The fourth-order valence-electron chi connectivity index (χ4n) is 1.64.